The quantitative estimate of drug-likeness (QED) is 0.693. The summed E-state index contributed by atoms with van der Waals surface area (Å²) in [5.74, 6) is 0.0435. The molecule has 0 aliphatic rings. The van der Waals surface area contributed by atoms with Crippen molar-refractivity contribution >= 4 is 17.2 Å². The molecule has 1 aromatic rings. The number of amides is 1. The molecule has 0 N–H and O–H groups in total. The molecule has 0 aliphatic heterocycles. The molecular weight excluding hydrogens is 210 g/mol. The molecule has 1 aromatic heterocycles. The van der Waals surface area contributed by atoms with Crippen LogP contribution < -0.4 is 0 Å². The largest absolute Gasteiger partial charge is 0.383 e. The van der Waals surface area contributed by atoms with Gasteiger partial charge in [0.1, 0.15) is 0 Å². The van der Waals surface area contributed by atoms with Gasteiger partial charge < -0.3 is 9.64 Å². The summed E-state index contributed by atoms with van der Waals surface area (Å²) in [6.07, 6.45) is 1.72. The molecule has 1 amide bonds. The number of nitrogens with zero attached hydrogens (tertiary/aromatic N) is 1. The molecule has 82 valence electrons. The van der Waals surface area contributed by atoms with E-state index in [2.05, 4.69) is 6.58 Å². The number of hydrogen-bond donors (Lipinski definition) is 0. The average Bonchev–Trinajstić information content (AvgIpc) is 2.76. The molecule has 0 bridgehead atoms. The van der Waals surface area contributed by atoms with Crippen molar-refractivity contribution in [1.29, 1.82) is 0 Å². The predicted octanol–water partition coefficient (Wildman–Crippen LogP) is 2.02. The van der Waals surface area contributed by atoms with Gasteiger partial charge in [0.2, 0.25) is 0 Å². The number of methoxy groups -OCH3 is 1. The van der Waals surface area contributed by atoms with Crippen LogP contribution in [-0.2, 0) is 4.74 Å². The molecule has 0 unspecified atom stereocenters. The summed E-state index contributed by atoms with van der Waals surface area (Å²) in [6.45, 7) is 5.34. The first kappa shape index (κ1) is 11.9. The van der Waals surface area contributed by atoms with Crippen molar-refractivity contribution in [3.05, 3.63) is 35.0 Å². The van der Waals surface area contributed by atoms with Crippen molar-refractivity contribution in [3.63, 3.8) is 0 Å². The smallest absolute Gasteiger partial charge is 0.264 e. The number of ether oxygens (including phenoxy) is 1. The average molecular weight is 225 g/mol. The molecule has 0 radical (unpaired) electrons. The minimum absolute atomic E-state index is 0.0435. The molecule has 1 rings (SSSR count). The molecule has 3 nitrogen and oxygen atoms in total. The number of thiophene rings is 1. The molecule has 0 fully saturated rings. The molecule has 15 heavy (non-hydrogen) atoms. The van der Waals surface area contributed by atoms with Gasteiger partial charge in [0.05, 0.1) is 11.5 Å². The van der Waals surface area contributed by atoms with Gasteiger partial charge in [0.25, 0.3) is 5.91 Å². The number of rotatable bonds is 6. The molecule has 0 spiro atoms. The number of carbonyl (C=O) groups excluding carboxylic acids is 1. The van der Waals surface area contributed by atoms with Crippen LogP contribution >= 0.6 is 11.3 Å². The lowest BCUT2D eigenvalue weighted by Gasteiger charge is -2.19. The van der Waals surface area contributed by atoms with Gasteiger partial charge in [-0.15, -0.1) is 17.9 Å². The van der Waals surface area contributed by atoms with Gasteiger partial charge in [0, 0.05) is 20.2 Å². The Labute approximate surface area is 94.0 Å². The predicted molar refractivity (Wildman–Crippen MR) is 62.3 cm³/mol. The first-order valence-electron chi connectivity index (χ1n) is 4.72. The third-order valence-corrected chi connectivity index (χ3v) is 2.79. The molecule has 0 aromatic carbocycles. The first-order chi connectivity index (χ1) is 7.29. The Bertz CT molecular complexity index is 308. The van der Waals surface area contributed by atoms with Crippen LogP contribution in [0.15, 0.2) is 30.2 Å². The maximum atomic E-state index is 11.9. The van der Waals surface area contributed by atoms with Crippen molar-refractivity contribution in [2.75, 3.05) is 26.8 Å². The van der Waals surface area contributed by atoms with Gasteiger partial charge in [-0.25, -0.2) is 0 Å². The third-order valence-electron chi connectivity index (χ3n) is 1.93. The van der Waals surface area contributed by atoms with E-state index in [-0.39, 0.29) is 5.91 Å². The zero-order chi connectivity index (χ0) is 11.1. The highest BCUT2D eigenvalue weighted by Crippen LogP contribution is 2.11. The van der Waals surface area contributed by atoms with Crippen LogP contribution in [0.3, 0.4) is 0 Å². The second-order valence-corrected chi connectivity index (χ2v) is 3.96. The maximum absolute atomic E-state index is 11.9. The van der Waals surface area contributed by atoms with Gasteiger partial charge in [0.15, 0.2) is 0 Å². The highest BCUT2D eigenvalue weighted by Gasteiger charge is 2.14. The Kier molecular flexibility index (Phi) is 5.07. The van der Waals surface area contributed by atoms with Crippen LogP contribution in [0, 0.1) is 0 Å². The lowest BCUT2D eigenvalue weighted by atomic mass is 10.3. The van der Waals surface area contributed by atoms with E-state index in [4.69, 9.17) is 4.74 Å². The van der Waals surface area contributed by atoms with E-state index >= 15 is 0 Å². The van der Waals surface area contributed by atoms with Crippen LogP contribution in [0.4, 0.5) is 0 Å². The number of carbonyl (C=O) groups is 1. The summed E-state index contributed by atoms with van der Waals surface area (Å²) in [5.41, 5.74) is 0. The number of hydrogen-bond acceptors (Lipinski definition) is 3. The van der Waals surface area contributed by atoms with Crippen molar-refractivity contribution in [3.8, 4) is 0 Å². The van der Waals surface area contributed by atoms with Crippen molar-refractivity contribution in [2.45, 2.75) is 0 Å². The summed E-state index contributed by atoms with van der Waals surface area (Å²) >= 11 is 1.45. The fourth-order valence-electron chi connectivity index (χ4n) is 1.19. The van der Waals surface area contributed by atoms with E-state index < -0.39 is 0 Å². The zero-order valence-corrected chi connectivity index (χ0v) is 9.63. The van der Waals surface area contributed by atoms with E-state index in [0.29, 0.717) is 19.7 Å². The van der Waals surface area contributed by atoms with Crippen molar-refractivity contribution in [2.24, 2.45) is 0 Å². The third kappa shape index (κ3) is 3.49. The Morgan fingerprint density at radius 2 is 2.53 bits per heavy atom. The second-order valence-electron chi connectivity index (χ2n) is 3.01. The summed E-state index contributed by atoms with van der Waals surface area (Å²) in [4.78, 5) is 14.4. The maximum Gasteiger partial charge on any atom is 0.264 e. The van der Waals surface area contributed by atoms with E-state index in [9.17, 15) is 4.79 Å². The van der Waals surface area contributed by atoms with E-state index in [1.165, 1.54) is 11.3 Å². The molecule has 4 heteroatoms. The normalized spacial score (nSPS) is 9.93. The van der Waals surface area contributed by atoms with E-state index in [0.717, 1.165) is 4.88 Å². The van der Waals surface area contributed by atoms with Gasteiger partial charge in [-0.1, -0.05) is 12.1 Å². The molecule has 1 heterocycles. The van der Waals surface area contributed by atoms with Crippen molar-refractivity contribution < 1.29 is 9.53 Å². The lowest BCUT2D eigenvalue weighted by Crippen LogP contribution is -2.33. The Hall–Kier alpha value is -1.13. The zero-order valence-electron chi connectivity index (χ0n) is 8.81. The van der Waals surface area contributed by atoms with Gasteiger partial charge >= 0.3 is 0 Å². The summed E-state index contributed by atoms with van der Waals surface area (Å²) in [7, 11) is 1.63. The monoisotopic (exact) mass is 225 g/mol. The molecule has 0 saturated carbocycles. The standard InChI is InChI=1S/C11H15NO2S/c1-3-6-12(7-8-14-2)11(13)10-5-4-9-15-10/h3-5,9H,1,6-8H2,2H3. The van der Waals surface area contributed by atoms with E-state index in [1.807, 2.05) is 17.5 Å². The van der Waals surface area contributed by atoms with E-state index in [1.54, 1.807) is 18.1 Å². The molecule has 0 saturated heterocycles. The van der Waals surface area contributed by atoms with Gasteiger partial charge in [-0.3, -0.25) is 4.79 Å². The SMILES string of the molecule is C=CCN(CCOC)C(=O)c1cccs1. The topological polar surface area (TPSA) is 29.5 Å². The van der Waals surface area contributed by atoms with Gasteiger partial charge in [-0.05, 0) is 11.4 Å². The fraction of sp³-hybridized carbons (Fsp3) is 0.364. The lowest BCUT2D eigenvalue weighted by molar-refractivity contribution is 0.0723. The molecule has 0 atom stereocenters. The Balaban J connectivity index is 2.62. The van der Waals surface area contributed by atoms with Crippen LogP contribution in [0.1, 0.15) is 9.67 Å². The van der Waals surface area contributed by atoms with Crippen LogP contribution in [0.2, 0.25) is 0 Å². The second kappa shape index (κ2) is 6.37. The summed E-state index contributed by atoms with van der Waals surface area (Å²) in [5, 5.41) is 1.90. The van der Waals surface area contributed by atoms with Crippen LogP contribution in [-0.4, -0.2) is 37.6 Å². The molecule has 0 aliphatic carbocycles. The minimum atomic E-state index is 0.0435. The highest BCUT2D eigenvalue weighted by atomic mass is 32.1. The molecular formula is C11H15NO2S. The summed E-state index contributed by atoms with van der Waals surface area (Å²) < 4.78 is 4.96. The summed E-state index contributed by atoms with van der Waals surface area (Å²) in [6, 6.07) is 3.70. The van der Waals surface area contributed by atoms with Crippen LogP contribution in [0.5, 0.6) is 0 Å². The van der Waals surface area contributed by atoms with Gasteiger partial charge in [-0.2, -0.15) is 0 Å². The first-order valence-corrected chi connectivity index (χ1v) is 5.60. The Morgan fingerprint density at radius 1 is 1.73 bits per heavy atom. The highest BCUT2D eigenvalue weighted by molar-refractivity contribution is 7.12. The van der Waals surface area contributed by atoms with Crippen LogP contribution in [0.25, 0.3) is 0 Å². The fourth-order valence-corrected chi connectivity index (χ4v) is 1.88. The minimum Gasteiger partial charge on any atom is -0.383 e. The Morgan fingerprint density at radius 3 is 3.07 bits per heavy atom. The van der Waals surface area contributed by atoms with Crippen molar-refractivity contribution in [1.82, 2.24) is 4.90 Å².